The van der Waals surface area contributed by atoms with Gasteiger partial charge >= 0.3 is 5.48 Å². The predicted molar refractivity (Wildman–Crippen MR) is 51.2 cm³/mol. The lowest BCUT2D eigenvalue weighted by Crippen LogP contribution is -2.35. The van der Waals surface area contributed by atoms with Gasteiger partial charge in [-0.2, -0.15) is 0 Å². The average molecular weight is 175 g/mol. The topological polar surface area (TPSA) is 18.8 Å². The van der Waals surface area contributed by atoms with Crippen LogP contribution in [0.4, 0.5) is 0 Å². The number of aromatic nitrogens is 2. The summed E-state index contributed by atoms with van der Waals surface area (Å²) in [7, 11) is 0. The molecule has 1 aromatic rings. The van der Waals surface area contributed by atoms with Crippen LogP contribution in [0.3, 0.4) is 0 Å². The van der Waals surface area contributed by atoms with Crippen molar-refractivity contribution < 1.29 is 4.24 Å². The van der Waals surface area contributed by atoms with Crippen LogP contribution in [0.5, 0.6) is 0 Å². The Kier molecular flexibility index (Phi) is 1.72. The minimum Gasteiger partial charge on any atom is -0.207 e. The first kappa shape index (κ1) is 8.42. The maximum absolute atomic E-state index is 4.30. The molecule has 2 nitrogen and oxygen atoms in total. The summed E-state index contributed by atoms with van der Waals surface area (Å²) in [5.41, 5.74) is 1.34. The molecule has 1 aromatic heterocycles. The van der Waals surface area contributed by atoms with Gasteiger partial charge in [-0.05, 0) is 10.4 Å². The summed E-state index contributed by atoms with van der Waals surface area (Å²) >= 11 is 0. The lowest BCUT2D eigenvalue weighted by atomic mass is 9.82. The summed E-state index contributed by atoms with van der Waals surface area (Å²) in [6.45, 7) is 6.74. The third-order valence-electron chi connectivity index (χ3n) is 2.45. The van der Waals surface area contributed by atoms with E-state index in [1.165, 1.54) is 0 Å². The van der Waals surface area contributed by atoms with Gasteiger partial charge in [0.2, 0.25) is 0 Å². The fourth-order valence-electron chi connectivity index (χ4n) is 1.50. The van der Waals surface area contributed by atoms with Crippen molar-refractivity contribution >= 4 is 6.08 Å². The Hall–Kier alpha value is -1.18. The van der Waals surface area contributed by atoms with Crippen molar-refractivity contribution in [2.45, 2.75) is 20.8 Å². The van der Waals surface area contributed by atoms with Crippen LogP contribution >= 0.6 is 0 Å². The van der Waals surface area contributed by atoms with Gasteiger partial charge in [-0.15, -0.1) is 0 Å². The molecule has 0 fully saturated rings. The molecular formula is C11H15N2+. The summed E-state index contributed by atoms with van der Waals surface area (Å²) in [6, 6.07) is 1.96. The molecule has 1 atom stereocenters. The van der Waals surface area contributed by atoms with Gasteiger partial charge in [0, 0.05) is 18.1 Å². The summed E-state index contributed by atoms with van der Waals surface area (Å²) in [5, 5.41) is 0. The van der Waals surface area contributed by atoms with Crippen LogP contribution in [0.1, 0.15) is 20.8 Å². The maximum atomic E-state index is 4.30. The molecule has 2 heteroatoms. The lowest BCUT2D eigenvalue weighted by Gasteiger charge is -2.20. The maximum Gasteiger partial charge on any atom is 0.323 e. The van der Waals surface area contributed by atoms with Crippen LogP contribution in [0.25, 0.3) is 6.08 Å². The molecule has 1 aliphatic rings. The fourth-order valence-corrected chi connectivity index (χ4v) is 1.50. The zero-order chi connectivity index (χ0) is 9.47. The molecule has 1 aliphatic heterocycles. The molecular weight excluding hydrogens is 160 g/mol. The SMILES string of the molecule is CC(C)(C)C1C=c2nccc[n+]2=C1. The summed E-state index contributed by atoms with van der Waals surface area (Å²) < 4.78 is 2.09. The van der Waals surface area contributed by atoms with Crippen molar-refractivity contribution in [3.8, 4) is 0 Å². The smallest absolute Gasteiger partial charge is 0.207 e. The fraction of sp³-hybridized carbons (Fsp3) is 0.455. The molecule has 0 spiro atoms. The van der Waals surface area contributed by atoms with Crippen molar-refractivity contribution in [3.63, 3.8) is 0 Å². The van der Waals surface area contributed by atoms with Crippen LogP contribution in [0, 0.1) is 17.5 Å². The van der Waals surface area contributed by atoms with Crippen LogP contribution in [0.2, 0.25) is 0 Å². The molecule has 0 aromatic carbocycles. The highest BCUT2D eigenvalue weighted by Crippen LogP contribution is 2.27. The zero-order valence-corrected chi connectivity index (χ0v) is 8.36. The quantitative estimate of drug-likeness (QED) is 0.534. The lowest BCUT2D eigenvalue weighted by molar-refractivity contribution is -0.527. The number of hydrogen-bond donors (Lipinski definition) is 0. The Morgan fingerprint density at radius 1 is 1.38 bits per heavy atom. The van der Waals surface area contributed by atoms with Crippen molar-refractivity contribution in [2.75, 3.05) is 0 Å². The van der Waals surface area contributed by atoms with Gasteiger partial charge in [0.25, 0.3) is 0 Å². The van der Waals surface area contributed by atoms with Gasteiger partial charge < -0.3 is 0 Å². The van der Waals surface area contributed by atoms with Crippen LogP contribution in [-0.4, -0.2) is 4.98 Å². The van der Waals surface area contributed by atoms with Crippen molar-refractivity contribution in [2.24, 2.45) is 11.3 Å². The normalized spacial score (nSPS) is 20.4. The van der Waals surface area contributed by atoms with Crippen LogP contribution < -0.4 is 9.72 Å². The molecule has 0 bridgehead atoms. The summed E-state index contributed by atoms with van der Waals surface area (Å²) in [5.74, 6) is 0.488. The van der Waals surface area contributed by atoms with E-state index in [2.05, 4.69) is 42.3 Å². The van der Waals surface area contributed by atoms with Crippen molar-refractivity contribution in [3.05, 3.63) is 30.2 Å². The van der Waals surface area contributed by atoms with E-state index in [0.717, 1.165) is 5.48 Å². The third kappa shape index (κ3) is 1.48. The molecule has 13 heavy (non-hydrogen) atoms. The van der Waals surface area contributed by atoms with E-state index < -0.39 is 0 Å². The molecule has 0 saturated heterocycles. The van der Waals surface area contributed by atoms with E-state index in [1.54, 1.807) is 0 Å². The molecule has 2 heterocycles. The minimum atomic E-state index is 0.285. The molecule has 1 unspecified atom stereocenters. The van der Waals surface area contributed by atoms with Gasteiger partial charge in [0.05, 0.1) is 12.4 Å². The van der Waals surface area contributed by atoms with Gasteiger partial charge in [-0.3, -0.25) is 0 Å². The summed E-state index contributed by atoms with van der Waals surface area (Å²) in [4.78, 5) is 4.30. The van der Waals surface area contributed by atoms with Gasteiger partial charge in [-0.1, -0.05) is 20.8 Å². The second-order valence-electron chi connectivity index (χ2n) is 4.59. The van der Waals surface area contributed by atoms with E-state index >= 15 is 0 Å². The Labute approximate surface area is 78.3 Å². The Morgan fingerprint density at radius 2 is 2.15 bits per heavy atom. The minimum absolute atomic E-state index is 0.285. The first-order valence-electron chi connectivity index (χ1n) is 4.63. The van der Waals surface area contributed by atoms with Crippen LogP contribution in [0.15, 0.2) is 18.5 Å². The Bertz CT molecular complexity index is 391. The van der Waals surface area contributed by atoms with Crippen molar-refractivity contribution in [1.29, 1.82) is 0 Å². The van der Waals surface area contributed by atoms with E-state index in [4.69, 9.17) is 0 Å². The Morgan fingerprint density at radius 3 is 2.77 bits per heavy atom. The number of nitrogens with zero attached hydrogens (tertiary/aromatic N) is 2. The van der Waals surface area contributed by atoms with Gasteiger partial charge in [0.15, 0.2) is 0 Å². The molecule has 0 saturated carbocycles. The molecule has 0 amide bonds. The molecule has 0 N–H and O–H groups in total. The number of hydrogen-bond acceptors (Lipinski definition) is 1. The third-order valence-corrected chi connectivity index (χ3v) is 2.45. The Balaban J connectivity index is 2.53. The largest absolute Gasteiger partial charge is 0.323 e. The van der Waals surface area contributed by atoms with E-state index in [-0.39, 0.29) is 5.41 Å². The van der Waals surface area contributed by atoms with Gasteiger partial charge in [-0.25, -0.2) is 4.24 Å². The highest BCUT2D eigenvalue weighted by molar-refractivity contribution is 5.24. The van der Waals surface area contributed by atoms with Crippen LogP contribution in [-0.2, 0) is 0 Å². The number of rotatable bonds is 0. The van der Waals surface area contributed by atoms with E-state index in [9.17, 15) is 0 Å². The highest BCUT2D eigenvalue weighted by Gasteiger charge is 2.26. The molecule has 2 rings (SSSR count). The average Bonchev–Trinajstić information content (AvgIpc) is 2.45. The van der Waals surface area contributed by atoms with E-state index in [0.29, 0.717) is 5.92 Å². The van der Waals surface area contributed by atoms with Crippen molar-refractivity contribution in [1.82, 2.24) is 4.98 Å². The standard InChI is InChI=1S/C11H15N2/c1-11(2,3)9-7-10-12-5-4-6-13(10)8-9/h4-9H,1-3H3/q+1. The second-order valence-corrected chi connectivity index (χ2v) is 4.59. The zero-order valence-electron chi connectivity index (χ0n) is 8.36. The second kappa shape index (κ2) is 2.66. The first-order valence-corrected chi connectivity index (χ1v) is 4.63. The summed E-state index contributed by atoms with van der Waals surface area (Å²) in [6.07, 6.45) is 8.33. The number of fused-ring (bicyclic) bond motifs is 1. The molecule has 68 valence electrons. The highest BCUT2D eigenvalue weighted by atomic mass is 14.9. The van der Waals surface area contributed by atoms with Gasteiger partial charge in [0.1, 0.15) is 6.20 Å². The molecule has 0 radical (unpaired) electrons. The first-order chi connectivity index (χ1) is 6.07. The predicted octanol–water partition coefficient (Wildman–Crippen LogP) is 0.835. The molecule has 0 aliphatic carbocycles. The monoisotopic (exact) mass is 175 g/mol. The van der Waals surface area contributed by atoms with E-state index in [1.807, 2.05) is 18.5 Å².